The van der Waals surface area contributed by atoms with Gasteiger partial charge < -0.3 is 13.9 Å². The van der Waals surface area contributed by atoms with Crippen LogP contribution in [0.3, 0.4) is 0 Å². The lowest BCUT2D eigenvalue weighted by atomic mass is 9.88. The molecule has 0 unspecified atom stereocenters. The van der Waals surface area contributed by atoms with Crippen molar-refractivity contribution < 1.29 is 18.7 Å². The van der Waals surface area contributed by atoms with Gasteiger partial charge in [-0.25, -0.2) is 4.79 Å². The standard InChI is InChI=1S/C28H24O5/c1-16(2)21-14-22-18(13-26(29)33-25(22)12-17(21)3)15-31-28(30)27-19-8-4-6-10-23(19)32-24-11-7-5-9-20(24)27/h4-14,16,27H,15H2,1-3H3. The summed E-state index contributed by atoms with van der Waals surface area (Å²) >= 11 is 0. The van der Waals surface area contributed by atoms with Crippen LogP contribution in [0.4, 0.5) is 0 Å². The molecule has 0 spiro atoms. The van der Waals surface area contributed by atoms with Crippen molar-refractivity contribution in [2.45, 2.75) is 39.2 Å². The number of hydrogen-bond acceptors (Lipinski definition) is 5. The average Bonchev–Trinajstić information content (AvgIpc) is 2.80. The van der Waals surface area contributed by atoms with Crippen LogP contribution >= 0.6 is 0 Å². The number of fused-ring (bicyclic) bond motifs is 3. The quantitative estimate of drug-likeness (QED) is 0.279. The van der Waals surface area contributed by atoms with Crippen molar-refractivity contribution in [3.63, 3.8) is 0 Å². The van der Waals surface area contributed by atoms with E-state index in [0.29, 0.717) is 28.6 Å². The number of carbonyl (C=O) groups is 1. The van der Waals surface area contributed by atoms with Gasteiger partial charge in [0.25, 0.3) is 0 Å². The molecule has 1 aromatic heterocycles. The summed E-state index contributed by atoms with van der Waals surface area (Å²) in [5.74, 6) is 0.593. The fourth-order valence-corrected chi connectivity index (χ4v) is 4.53. The molecule has 1 aliphatic heterocycles. The van der Waals surface area contributed by atoms with Crippen LogP contribution in [0.15, 0.2) is 75.9 Å². The van der Waals surface area contributed by atoms with E-state index in [4.69, 9.17) is 13.9 Å². The summed E-state index contributed by atoms with van der Waals surface area (Å²) in [5.41, 5.74) is 4.41. The second-order valence-electron chi connectivity index (χ2n) is 8.67. The number of hydrogen-bond donors (Lipinski definition) is 0. The maximum absolute atomic E-state index is 13.4. The molecule has 2 heterocycles. The third-order valence-electron chi connectivity index (χ3n) is 6.12. The highest BCUT2D eigenvalue weighted by molar-refractivity contribution is 5.86. The number of aryl methyl sites for hydroxylation is 1. The van der Waals surface area contributed by atoms with E-state index in [0.717, 1.165) is 27.6 Å². The third kappa shape index (κ3) is 3.80. The van der Waals surface area contributed by atoms with Crippen LogP contribution in [-0.4, -0.2) is 5.97 Å². The molecule has 0 radical (unpaired) electrons. The molecule has 5 heteroatoms. The molecule has 1 aliphatic rings. The van der Waals surface area contributed by atoms with E-state index in [-0.39, 0.29) is 6.61 Å². The lowest BCUT2D eigenvalue weighted by Crippen LogP contribution is -2.21. The summed E-state index contributed by atoms with van der Waals surface area (Å²) in [4.78, 5) is 25.6. The fourth-order valence-electron chi connectivity index (χ4n) is 4.53. The predicted octanol–water partition coefficient (Wildman–Crippen LogP) is 6.21. The van der Waals surface area contributed by atoms with Crippen LogP contribution in [0.1, 0.15) is 53.5 Å². The van der Waals surface area contributed by atoms with Crippen LogP contribution in [-0.2, 0) is 16.1 Å². The van der Waals surface area contributed by atoms with Crippen molar-refractivity contribution in [1.82, 2.24) is 0 Å². The Balaban J connectivity index is 1.50. The Bertz CT molecular complexity index is 1380. The van der Waals surface area contributed by atoms with E-state index in [9.17, 15) is 9.59 Å². The minimum absolute atomic E-state index is 0.0246. The Kier molecular flexibility index (Phi) is 5.25. The molecule has 4 aromatic rings. The summed E-state index contributed by atoms with van der Waals surface area (Å²) in [7, 11) is 0. The Hall–Kier alpha value is -3.86. The molecule has 0 atom stereocenters. The zero-order valence-corrected chi connectivity index (χ0v) is 18.8. The molecule has 3 aromatic carbocycles. The second kappa shape index (κ2) is 8.24. The molecule has 5 rings (SSSR count). The summed E-state index contributed by atoms with van der Waals surface area (Å²) in [5, 5.41) is 0.782. The topological polar surface area (TPSA) is 65.7 Å². The van der Waals surface area contributed by atoms with Crippen molar-refractivity contribution in [1.29, 1.82) is 0 Å². The van der Waals surface area contributed by atoms with Gasteiger partial charge >= 0.3 is 11.6 Å². The van der Waals surface area contributed by atoms with Crippen LogP contribution in [0, 0.1) is 6.92 Å². The number of ether oxygens (including phenoxy) is 2. The largest absolute Gasteiger partial charge is 0.460 e. The second-order valence-corrected chi connectivity index (χ2v) is 8.67. The zero-order chi connectivity index (χ0) is 23.1. The van der Waals surface area contributed by atoms with Gasteiger partial charge in [0.05, 0.1) is 0 Å². The van der Waals surface area contributed by atoms with Crippen LogP contribution in [0.25, 0.3) is 11.0 Å². The minimum Gasteiger partial charge on any atom is -0.460 e. The van der Waals surface area contributed by atoms with E-state index in [1.807, 2.05) is 67.6 Å². The zero-order valence-electron chi connectivity index (χ0n) is 18.8. The van der Waals surface area contributed by atoms with E-state index >= 15 is 0 Å². The van der Waals surface area contributed by atoms with Gasteiger partial charge in [-0.05, 0) is 48.2 Å². The molecule has 0 bridgehead atoms. The molecular formula is C28H24O5. The number of benzene rings is 3. The van der Waals surface area contributed by atoms with Gasteiger partial charge in [-0.1, -0.05) is 50.2 Å². The third-order valence-corrected chi connectivity index (χ3v) is 6.12. The first-order valence-electron chi connectivity index (χ1n) is 11.0. The van der Waals surface area contributed by atoms with Gasteiger partial charge in [-0.3, -0.25) is 4.79 Å². The average molecular weight is 440 g/mol. The summed E-state index contributed by atoms with van der Waals surface area (Å²) in [6.07, 6.45) is 0. The first-order valence-corrected chi connectivity index (χ1v) is 11.0. The molecule has 166 valence electrons. The van der Waals surface area contributed by atoms with Gasteiger partial charge in [0.15, 0.2) is 0 Å². The smallest absolute Gasteiger partial charge is 0.336 e. The van der Waals surface area contributed by atoms with Crippen molar-refractivity contribution in [2.75, 3.05) is 0 Å². The van der Waals surface area contributed by atoms with Gasteiger partial charge in [-0.15, -0.1) is 0 Å². The predicted molar refractivity (Wildman–Crippen MR) is 126 cm³/mol. The van der Waals surface area contributed by atoms with Crippen molar-refractivity contribution in [3.8, 4) is 11.5 Å². The molecule has 0 fully saturated rings. The monoisotopic (exact) mass is 440 g/mol. The van der Waals surface area contributed by atoms with Crippen LogP contribution in [0.5, 0.6) is 11.5 Å². The highest BCUT2D eigenvalue weighted by Crippen LogP contribution is 2.44. The number of esters is 1. The van der Waals surface area contributed by atoms with Gasteiger partial charge in [0.2, 0.25) is 0 Å². The minimum atomic E-state index is -0.606. The van der Waals surface area contributed by atoms with Gasteiger partial charge in [0.1, 0.15) is 29.6 Å². The van der Waals surface area contributed by atoms with E-state index in [1.165, 1.54) is 6.07 Å². The summed E-state index contributed by atoms with van der Waals surface area (Å²) in [6.45, 7) is 6.21. The first-order chi connectivity index (χ1) is 15.9. The highest BCUT2D eigenvalue weighted by Gasteiger charge is 2.33. The van der Waals surface area contributed by atoms with Crippen molar-refractivity contribution >= 4 is 16.9 Å². The van der Waals surface area contributed by atoms with Gasteiger partial charge in [-0.2, -0.15) is 0 Å². The van der Waals surface area contributed by atoms with Crippen molar-refractivity contribution in [2.24, 2.45) is 0 Å². The summed E-state index contributed by atoms with van der Waals surface area (Å²) < 4.78 is 17.2. The van der Waals surface area contributed by atoms with E-state index in [1.54, 1.807) is 0 Å². The Morgan fingerprint density at radius 2 is 1.61 bits per heavy atom. The SMILES string of the molecule is Cc1cc2oc(=O)cc(COC(=O)C3c4ccccc4Oc4ccccc43)c2cc1C(C)C. The van der Waals surface area contributed by atoms with Crippen molar-refractivity contribution in [3.05, 3.63) is 105 Å². The van der Waals surface area contributed by atoms with Crippen LogP contribution < -0.4 is 10.4 Å². The number of para-hydroxylation sites is 2. The molecule has 0 saturated carbocycles. The maximum Gasteiger partial charge on any atom is 0.336 e. The van der Waals surface area contributed by atoms with Crippen LogP contribution in [0.2, 0.25) is 0 Å². The Labute approximate surface area is 191 Å². The number of carbonyl (C=O) groups excluding carboxylic acids is 1. The molecule has 33 heavy (non-hydrogen) atoms. The normalized spacial score (nSPS) is 12.8. The summed E-state index contributed by atoms with van der Waals surface area (Å²) in [6, 6.07) is 20.3. The Morgan fingerprint density at radius 1 is 0.970 bits per heavy atom. The molecule has 0 amide bonds. The maximum atomic E-state index is 13.4. The van der Waals surface area contributed by atoms with E-state index in [2.05, 4.69) is 13.8 Å². The van der Waals surface area contributed by atoms with E-state index < -0.39 is 17.5 Å². The molecule has 0 aliphatic carbocycles. The molecular weight excluding hydrogens is 416 g/mol. The molecule has 0 N–H and O–H groups in total. The van der Waals surface area contributed by atoms with Gasteiger partial charge in [0, 0.05) is 28.1 Å². The lowest BCUT2D eigenvalue weighted by molar-refractivity contribution is -0.145. The lowest BCUT2D eigenvalue weighted by Gasteiger charge is -2.26. The number of rotatable bonds is 4. The molecule has 5 nitrogen and oxygen atoms in total. The Morgan fingerprint density at radius 3 is 2.24 bits per heavy atom. The fraction of sp³-hybridized carbons (Fsp3) is 0.214. The molecule has 0 saturated heterocycles. The highest BCUT2D eigenvalue weighted by atomic mass is 16.5. The first kappa shape index (κ1) is 21.0.